The van der Waals surface area contributed by atoms with E-state index in [1.54, 1.807) is 18.2 Å². The Bertz CT molecular complexity index is 1320. The lowest BCUT2D eigenvalue weighted by Crippen LogP contribution is -2.54. The Morgan fingerprint density at radius 1 is 0.969 bits per heavy atom. The predicted octanol–water partition coefficient (Wildman–Crippen LogP) is 5.20. The zero-order valence-electron chi connectivity index (χ0n) is 18.2. The van der Waals surface area contributed by atoms with Gasteiger partial charge in [-0.2, -0.15) is 0 Å². The van der Waals surface area contributed by atoms with Crippen LogP contribution in [0.4, 0.5) is 5.69 Å². The van der Waals surface area contributed by atoms with Gasteiger partial charge in [0.1, 0.15) is 5.57 Å². The topological polar surface area (TPSA) is 54.3 Å². The van der Waals surface area contributed by atoms with Crippen LogP contribution in [0.2, 0.25) is 5.02 Å². The molecule has 2 amide bonds. The SMILES string of the molecule is Cc1ccc(N2C(=O)/C(=C/c3cc(C)n(-c4ccccc4C)c3C)C(=O)NC2=S)cc1Cl. The second-order valence-corrected chi connectivity index (χ2v) is 8.63. The van der Waals surface area contributed by atoms with E-state index in [4.69, 9.17) is 23.8 Å². The summed E-state index contributed by atoms with van der Waals surface area (Å²) in [5, 5.41) is 3.17. The maximum absolute atomic E-state index is 13.3. The molecular formula is C25H22ClN3O2S. The number of carbonyl (C=O) groups is 2. The van der Waals surface area contributed by atoms with Crippen LogP contribution in [-0.2, 0) is 9.59 Å². The molecule has 1 aliphatic heterocycles. The van der Waals surface area contributed by atoms with Gasteiger partial charge in [-0.3, -0.25) is 19.8 Å². The smallest absolute Gasteiger partial charge is 0.270 e. The van der Waals surface area contributed by atoms with Crippen LogP contribution in [0.15, 0.2) is 54.1 Å². The molecule has 4 rings (SSSR count). The summed E-state index contributed by atoms with van der Waals surface area (Å²) in [5.41, 5.74) is 6.32. The Balaban J connectivity index is 1.78. The third-order valence-electron chi connectivity index (χ3n) is 5.64. The minimum absolute atomic E-state index is 0.0142. The first-order chi connectivity index (χ1) is 15.2. The fourth-order valence-electron chi connectivity index (χ4n) is 3.89. The van der Waals surface area contributed by atoms with Crippen LogP contribution in [0, 0.1) is 27.7 Å². The van der Waals surface area contributed by atoms with Crippen LogP contribution in [0.1, 0.15) is 28.1 Å². The summed E-state index contributed by atoms with van der Waals surface area (Å²) < 4.78 is 2.12. The van der Waals surface area contributed by atoms with Gasteiger partial charge in [-0.05, 0) is 86.9 Å². The molecule has 0 spiro atoms. The van der Waals surface area contributed by atoms with Gasteiger partial charge in [-0.15, -0.1) is 0 Å². The van der Waals surface area contributed by atoms with Gasteiger partial charge in [0.15, 0.2) is 5.11 Å². The van der Waals surface area contributed by atoms with Gasteiger partial charge in [0.05, 0.1) is 5.69 Å². The van der Waals surface area contributed by atoms with Crippen molar-refractivity contribution >= 4 is 52.5 Å². The molecule has 1 fully saturated rings. The van der Waals surface area contributed by atoms with E-state index in [1.807, 2.05) is 51.1 Å². The number of benzene rings is 2. The molecule has 0 radical (unpaired) electrons. The summed E-state index contributed by atoms with van der Waals surface area (Å²) >= 11 is 11.5. The van der Waals surface area contributed by atoms with Crippen molar-refractivity contribution in [1.29, 1.82) is 0 Å². The molecule has 7 heteroatoms. The van der Waals surface area contributed by atoms with Crippen molar-refractivity contribution < 1.29 is 9.59 Å². The number of hydrogen-bond acceptors (Lipinski definition) is 3. The van der Waals surface area contributed by atoms with Gasteiger partial charge in [-0.1, -0.05) is 35.9 Å². The molecule has 32 heavy (non-hydrogen) atoms. The van der Waals surface area contributed by atoms with E-state index in [1.165, 1.54) is 4.90 Å². The number of carbonyl (C=O) groups excluding carboxylic acids is 2. The monoisotopic (exact) mass is 463 g/mol. The molecule has 1 aromatic heterocycles. The summed E-state index contributed by atoms with van der Waals surface area (Å²) in [6.45, 7) is 7.90. The number of nitrogens with zero attached hydrogens (tertiary/aromatic N) is 2. The van der Waals surface area contributed by atoms with E-state index in [0.717, 1.165) is 33.8 Å². The Hall–Kier alpha value is -3.22. The lowest BCUT2D eigenvalue weighted by molar-refractivity contribution is -0.122. The number of hydrogen-bond donors (Lipinski definition) is 1. The first-order valence-electron chi connectivity index (χ1n) is 10.1. The van der Waals surface area contributed by atoms with Gasteiger partial charge in [-0.25, -0.2) is 0 Å². The summed E-state index contributed by atoms with van der Waals surface area (Å²) in [6.07, 6.45) is 1.62. The van der Waals surface area contributed by atoms with Crippen molar-refractivity contribution in [2.75, 3.05) is 4.90 Å². The van der Waals surface area contributed by atoms with Gasteiger partial charge < -0.3 is 4.57 Å². The van der Waals surface area contributed by atoms with Gasteiger partial charge in [0, 0.05) is 22.1 Å². The number of rotatable bonds is 3. The Morgan fingerprint density at radius 2 is 1.69 bits per heavy atom. The lowest BCUT2D eigenvalue weighted by Gasteiger charge is -2.29. The standard InChI is InChI=1S/C25H22ClN3O2S/c1-14-9-10-19(13-21(14)26)29-24(31)20(23(30)27-25(29)32)12-18-11-16(3)28(17(18)4)22-8-6-5-7-15(22)2/h5-13H,1-4H3,(H,27,30,32)/b20-12+. The first-order valence-corrected chi connectivity index (χ1v) is 10.9. The summed E-state index contributed by atoms with van der Waals surface area (Å²) in [6, 6.07) is 15.3. The second kappa shape index (κ2) is 8.37. The van der Waals surface area contributed by atoms with Gasteiger partial charge in [0.25, 0.3) is 11.8 Å². The maximum atomic E-state index is 13.3. The number of aromatic nitrogens is 1. The largest absolute Gasteiger partial charge is 0.318 e. The normalized spacial score (nSPS) is 15.5. The van der Waals surface area contributed by atoms with Crippen molar-refractivity contribution in [2.45, 2.75) is 27.7 Å². The molecule has 162 valence electrons. The summed E-state index contributed by atoms with van der Waals surface area (Å²) in [7, 11) is 0. The van der Waals surface area contributed by atoms with Crippen LogP contribution in [0.3, 0.4) is 0 Å². The van der Waals surface area contributed by atoms with E-state index in [-0.39, 0.29) is 10.7 Å². The second-order valence-electron chi connectivity index (χ2n) is 7.84. The lowest BCUT2D eigenvalue weighted by atomic mass is 10.1. The minimum atomic E-state index is -0.518. The van der Waals surface area contributed by atoms with E-state index in [9.17, 15) is 9.59 Å². The molecule has 1 N–H and O–H groups in total. The number of nitrogens with one attached hydrogen (secondary N) is 1. The molecule has 1 saturated heterocycles. The number of amides is 2. The Labute approximate surface area is 197 Å². The highest BCUT2D eigenvalue weighted by molar-refractivity contribution is 7.80. The third-order valence-corrected chi connectivity index (χ3v) is 6.33. The van der Waals surface area contributed by atoms with E-state index in [0.29, 0.717) is 10.7 Å². The number of anilines is 1. The average molecular weight is 464 g/mol. The van der Waals surface area contributed by atoms with Crippen LogP contribution in [0.25, 0.3) is 11.8 Å². The van der Waals surface area contributed by atoms with Crippen molar-refractivity contribution in [2.24, 2.45) is 0 Å². The number of para-hydroxylation sites is 1. The fourth-order valence-corrected chi connectivity index (χ4v) is 4.34. The molecule has 5 nitrogen and oxygen atoms in total. The molecule has 0 unspecified atom stereocenters. The molecule has 0 atom stereocenters. The number of aryl methyl sites for hydroxylation is 3. The molecule has 3 aromatic rings. The third kappa shape index (κ3) is 3.76. The van der Waals surface area contributed by atoms with E-state index >= 15 is 0 Å². The van der Waals surface area contributed by atoms with Crippen LogP contribution in [0.5, 0.6) is 0 Å². The van der Waals surface area contributed by atoms with E-state index < -0.39 is 11.8 Å². The number of thiocarbonyl (C=S) groups is 1. The predicted molar refractivity (Wildman–Crippen MR) is 132 cm³/mol. The van der Waals surface area contributed by atoms with Gasteiger partial charge >= 0.3 is 0 Å². The molecule has 2 heterocycles. The Morgan fingerprint density at radius 3 is 2.38 bits per heavy atom. The molecule has 0 bridgehead atoms. The van der Waals surface area contributed by atoms with Crippen LogP contribution >= 0.6 is 23.8 Å². The Kier molecular flexibility index (Phi) is 5.75. The van der Waals surface area contributed by atoms with Crippen molar-refractivity contribution in [3.05, 3.63) is 87.2 Å². The van der Waals surface area contributed by atoms with Crippen molar-refractivity contribution in [1.82, 2.24) is 9.88 Å². The zero-order chi connectivity index (χ0) is 23.2. The molecule has 2 aromatic carbocycles. The highest BCUT2D eigenvalue weighted by atomic mass is 35.5. The molecule has 0 aliphatic carbocycles. The van der Waals surface area contributed by atoms with E-state index in [2.05, 4.69) is 22.9 Å². The molecule has 0 saturated carbocycles. The minimum Gasteiger partial charge on any atom is -0.318 e. The fraction of sp³-hybridized carbons (Fsp3) is 0.160. The van der Waals surface area contributed by atoms with Crippen LogP contribution in [-0.4, -0.2) is 21.5 Å². The highest BCUT2D eigenvalue weighted by Gasteiger charge is 2.35. The van der Waals surface area contributed by atoms with Crippen molar-refractivity contribution in [3.8, 4) is 5.69 Å². The van der Waals surface area contributed by atoms with Crippen molar-refractivity contribution in [3.63, 3.8) is 0 Å². The maximum Gasteiger partial charge on any atom is 0.270 e. The first kappa shape index (κ1) is 22.0. The molecular weight excluding hydrogens is 442 g/mol. The summed E-state index contributed by atoms with van der Waals surface area (Å²) in [5.74, 6) is -1.01. The summed E-state index contributed by atoms with van der Waals surface area (Å²) in [4.78, 5) is 27.3. The quantitative estimate of drug-likeness (QED) is 0.330. The molecule has 1 aliphatic rings. The number of halogens is 1. The van der Waals surface area contributed by atoms with Gasteiger partial charge in [0.2, 0.25) is 0 Å². The average Bonchev–Trinajstić information content (AvgIpc) is 3.01. The zero-order valence-corrected chi connectivity index (χ0v) is 19.8. The van der Waals surface area contributed by atoms with Crippen LogP contribution < -0.4 is 10.2 Å². The highest BCUT2D eigenvalue weighted by Crippen LogP contribution is 2.29.